The van der Waals surface area contributed by atoms with Gasteiger partial charge >= 0.3 is 0 Å². The second-order valence-electron chi connectivity index (χ2n) is 6.35. The van der Waals surface area contributed by atoms with Crippen molar-refractivity contribution in [2.45, 2.75) is 51.6 Å². The Morgan fingerprint density at radius 2 is 1.96 bits per heavy atom. The maximum Gasteiger partial charge on any atom is 0.261 e. The molecule has 4 nitrogen and oxygen atoms in total. The summed E-state index contributed by atoms with van der Waals surface area (Å²) >= 11 is 6.09. The van der Waals surface area contributed by atoms with Gasteiger partial charge in [-0.3, -0.25) is 4.79 Å². The second-order valence-corrected chi connectivity index (χ2v) is 6.75. The van der Waals surface area contributed by atoms with Crippen molar-refractivity contribution in [3.05, 3.63) is 29.3 Å². The summed E-state index contributed by atoms with van der Waals surface area (Å²) in [5.41, 5.74) is 0. The minimum Gasteiger partial charge on any atom is -0.479 e. The number of carbonyl (C=O) groups is 1. The minimum atomic E-state index is -0.497. The molecule has 1 atom stereocenters. The van der Waals surface area contributed by atoms with Crippen molar-refractivity contribution in [2.24, 2.45) is 0 Å². The molecule has 1 N–H and O–H groups in total. The summed E-state index contributed by atoms with van der Waals surface area (Å²) in [5.74, 6) is 0.499. The van der Waals surface area contributed by atoms with Crippen LogP contribution in [0, 0.1) is 0 Å². The number of amides is 1. The number of ether oxygens (including phenoxy) is 1. The Balaban J connectivity index is 1.70. The number of rotatable bonds is 8. The fraction of sp³-hybridized carbons (Fsp3) is 0.632. The summed E-state index contributed by atoms with van der Waals surface area (Å²) in [5, 5.41) is 3.53. The van der Waals surface area contributed by atoms with E-state index in [1.807, 2.05) is 19.1 Å². The summed E-state index contributed by atoms with van der Waals surface area (Å²) in [6.45, 7) is 6.08. The summed E-state index contributed by atoms with van der Waals surface area (Å²) in [4.78, 5) is 14.8. The van der Waals surface area contributed by atoms with Crippen molar-refractivity contribution >= 4 is 17.5 Å². The lowest BCUT2D eigenvalue weighted by Crippen LogP contribution is -2.39. The molecule has 0 spiro atoms. The van der Waals surface area contributed by atoms with Crippen LogP contribution >= 0.6 is 11.6 Å². The predicted molar refractivity (Wildman–Crippen MR) is 98.7 cm³/mol. The van der Waals surface area contributed by atoms with Gasteiger partial charge in [0.05, 0.1) is 5.02 Å². The lowest BCUT2D eigenvalue weighted by molar-refractivity contribution is -0.128. The van der Waals surface area contributed by atoms with Crippen LogP contribution in [-0.4, -0.2) is 43.1 Å². The molecule has 24 heavy (non-hydrogen) atoms. The van der Waals surface area contributed by atoms with Crippen molar-refractivity contribution in [2.75, 3.05) is 26.2 Å². The normalized spacial score (nSPS) is 17.1. The molecule has 1 unspecified atom stereocenters. The van der Waals surface area contributed by atoms with Gasteiger partial charge in [-0.1, -0.05) is 43.5 Å². The zero-order valence-corrected chi connectivity index (χ0v) is 15.4. The monoisotopic (exact) mass is 352 g/mol. The average molecular weight is 353 g/mol. The van der Waals surface area contributed by atoms with Gasteiger partial charge in [-0.25, -0.2) is 0 Å². The number of benzene rings is 1. The number of hydrogen-bond acceptors (Lipinski definition) is 3. The van der Waals surface area contributed by atoms with E-state index in [9.17, 15) is 4.79 Å². The number of hydrogen-bond donors (Lipinski definition) is 1. The number of nitrogens with one attached hydrogen (secondary N) is 1. The van der Waals surface area contributed by atoms with Crippen molar-refractivity contribution in [3.8, 4) is 5.75 Å². The molecule has 1 heterocycles. The van der Waals surface area contributed by atoms with E-state index in [2.05, 4.69) is 10.2 Å². The molecule has 2 rings (SSSR count). The van der Waals surface area contributed by atoms with Crippen molar-refractivity contribution in [1.29, 1.82) is 0 Å². The fourth-order valence-electron chi connectivity index (χ4n) is 3.00. The van der Waals surface area contributed by atoms with Crippen molar-refractivity contribution < 1.29 is 9.53 Å². The van der Waals surface area contributed by atoms with Gasteiger partial charge in [-0.15, -0.1) is 0 Å². The lowest BCUT2D eigenvalue weighted by atomic mass is 10.2. The van der Waals surface area contributed by atoms with E-state index < -0.39 is 6.10 Å². The molecule has 134 valence electrons. The highest BCUT2D eigenvalue weighted by molar-refractivity contribution is 6.32. The molecular weight excluding hydrogens is 324 g/mol. The molecule has 1 aliphatic heterocycles. The molecule has 0 saturated carbocycles. The Morgan fingerprint density at radius 3 is 2.62 bits per heavy atom. The molecule has 1 aliphatic rings. The van der Waals surface area contributed by atoms with E-state index in [0.717, 1.165) is 13.0 Å². The Kier molecular flexibility index (Phi) is 8.40. The van der Waals surface area contributed by atoms with E-state index in [1.54, 1.807) is 12.1 Å². The molecule has 1 aromatic carbocycles. The first-order valence-corrected chi connectivity index (χ1v) is 9.49. The number of carbonyl (C=O) groups excluding carboxylic acids is 1. The van der Waals surface area contributed by atoms with Crippen LogP contribution < -0.4 is 10.1 Å². The van der Waals surface area contributed by atoms with Gasteiger partial charge < -0.3 is 15.0 Å². The number of likely N-dealkylation sites (tertiary alicyclic amines) is 1. The van der Waals surface area contributed by atoms with E-state index in [0.29, 0.717) is 23.7 Å². The van der Waals surface area contributed by atoms with Crippen LogP contribution in [0.4, 0.5) is 0 Å². The van der Waals surface area contributed by atoms with Crippen LogP contribution in [0.2, 0.25) is 5.02 Å². The first kappa shape index (κ1) is 19.1. The van der Waals surface area contributed by atoms with E-state index in [1.165, 1.54) is 38.8 Å². The van der Waals surface area contributed by atoms with Crippen molar-refractivity contribution in [1.82, 2.24) is 10.2 Å². The van der Waals surface area contributed by atoms with Crippen LogP contribution in [0.3, 0.4) is 0 Å². The smallest absolute Gasteiger partial charge is 0.261 e. The molecular formula is C19H29ClN2O2. The molecule has 5 heteroatoms. The van der Waals surface area contributed by atoms with E-state index >= 15 is 0 Å². The highest BCUT2D eigenvalue weighted by atomic mass is 35.5. The summed E-state index contributed by atoms with van der Waals surface area (Å²) in [6.07, 6.45) is 6.40. The van der Waals surface area contributed by atoms with Gasteiger partial charge in [0.1, 0.15) is 5.75 Å². The molecule has 0 bridgehead atoms. The first-order valence-electron chi connectivity index (χ1n) is 9.12. The lowest BCUT2D eigenvalue weighted by Gasteiger charge is -2.21. The highest BCUT2D eigenvalue weighted by Gasteiger charge is 2.19. The van der Waals surface area contributed by atoms with Gasteiger partial charge in [-0.2, -0.15) is 0 Å². The molecule has 0 radical (unpaired) electrons. The third-order valence-electron chi connectivity index (χ3n) is 4.42. The Hall–Kier alpha value is -1.26. The molecule has 0 aliphatic carbocycles. The van der Waals surface area contributed by atoms with Crippen LogP contribution in [0.15, 0.2) is 24.3 Å². The highest BCUT2D eigenvalue weighted by Crippen LogP contribution is 2.24. The fourth-order valence-corrected chi connectivity index (χ4v) is 3.18. The van der Waals surface area contributed by atoms with E-state index in [4.69, 9.17) is 16.3 Å². The quantitative estimate of drug-likeness (QED) is 0.722. The zero-order valence-electron chi connectivity index (χ0n) is 14.6. The average Bonchev–Trinajstić information content (AvgIpc) is 2.86. The first-order chi connectivity index (χ1) is 11.7. The van der Waals surface area contributed by atoms with Crippen molar-refractivity contribution in [3.63, 3.8) is 0 Å². The van der Waals surface area contributed by atoms with Crippen LogP contribution in [0.25, 0.3) is 0 Å². The summed E-state index contributed by atoms with van der Waals surface area (Å²) in [6, 6.07) is 7.26. The maximum absolute atomic E-state index is 12.3. The number of para-hydroxylation sites is 1. The van der Waals surface area contributed by atoms with Crippen LogP contribution in [0.1, 0.15) is 45.4 Å². The molecule has 1 aromatic rings. The number of halogens is 1. The predicted octanol–water partition coefficient (Wildman–Crippen LogP) is 3.88. The Labute approximate surface area is 150 Å². The van der Waals surface area contributed by atoms with Crippen LogP contribution in [-0.2, 0) is 4.79 Å². The van der Waals surface area contributed by atoms with E-state index in [-0.39, 0.29) is 5.91 Å². The van der Waals surface area contributed by atoms with Gasteiger partial charge in [0.15, 0.2) is 6.10 Å². The maximum atomic E-state index is 12.3. The largest absolute Gasteiger partial charge is 0.479 e. The SMILES string of the molecule is CCC(Oc1ccccc1Cl)C(=O)NCCCN1CCCCCC1. The standard InChI is InChI=1S/C19H29ClN2O2/c1-2-17(24-18-11-6-5-10-16(18)20)19(23)21-12-9-15-22-13-7-3-4-8-14-22/h5-6,10-11,17H,2-4,7-9,12-15H2,1H3,(H,21,23). The molecule has 1 amide bonds. The molecule has 1 saturated heterocycles. The summed E-state index contributed by atoms with van der Waals surface area (Å²) in [7, 11) is 0. The van der Waals surface area contributed by atoms with Crippen LogP contribution in [0.5, 0.6) is 5.75 Å². The van der Waals surface area contributed by atoms with Gasteiger partial charge in [-0.05, 0) is 57.5 Å². The minimum absolute atomic E-state index is 0.0618. The molecule has 1 fully saturated rings. The third-order valence-corrected chi connectivity index (χ3v) is 4.73. The summed E-state index contributed by atoms with van der Waals surface area (Å²) < 4.78 is 5.77. The van der Waals surface area contributed by atoms with Gasteiger partial charge in [0.25, 0.3) is 5.91 Å². The Bertz CT molecular complexity index is 502. The zero-order chi connectivity index (χ0) is 17.2. The third kappa shape index (κ3) is 6.33. The molecule has 0 aromatic heterocycles. The number of nitrogens with zero attached hydrogens (tertiary/aromatic N) is 1. The van der Waals surface area contributed by atoms with Gasteiger partial charge in [0, 0.05) is 6.54 Å². The Morgan fingerprint density at radius 1 is 1.25 bits per heavy atom. The topological polar surface area (TPSA) is 41.6 Å². The van der Waals surface area contributed by atoms with Gasteiger partial charge in [0.2, 0.25) is 0 Å². The second kappa shape index (κ2) is 10.6.